The van der Waals surface area contributed by atoms with Crippen LogP contribution in [-0.2, 0) is 9.59 Å². The Bertz CT molecular complexity index is 988. The Hall–Kier alpha value is -2.86. The molecule has 0 saturated carbocycles. The molecule has 0 atom stereocenters. The Kier molecular flexibility index (Phi) is 6.08. The number of carbonyl (C=O) groups excluding carboxylic acids is 2. The minimum absolute atomic E-state index is 0.122. The van der Waals surface area contributed by atoms with Crippen molar-refractivity contribution in [2.45, 2.75) is 13.8 Å². The molecule has 5 nitrogen and oxygen atoms in total. The maximum atomic E-state index is 12.2. The van der Waals surface area contributed by atoms with E-state index in [2.05, 4.69) is 15.6 Å². The molecule has 1 heterocycles. The highest BCUT2D eigenvalue weighted by molar-refractivity contribution is 8.00. The Labute approximate surface area is 162 Å². The first-order chi connectivity index (χ1) is 13.0. The summed E-state index contributed by atoms with van der Waals surface area (Å²) < 4.78 is 0. The summed E-state index contributed by atoms with van der Waals surface area (Å²) in [5.74, 6) is 0.162. The molecule has 0 radical (unpaired) electrons. The largest absolute Gasteiger partial charge is 0.325 e. The number of hydrogen-bond donors (Lipinski definition) is 2. The highest BCUT2D eigenvalue weighted by Crippen LogP contribution is 2.24. The number of fused-ring (bicyclic) bond motifs is 1. The van der Waals surface area contributed by atoms with Crippen molar-refractivity contribution >= 4 is 45.9 Å². The van der Waals surface area contributed by atoms with E-state index in [0.717, 1.165) is 33.4 Å². The van der Waals surface area contributed by atoms with Crippen LogP contribution in [0.15, 0.2) is 54.7 Å². The summed E-state index contributed by atoms with van der Waals surface area (Å²) in [6, 6.07) is 15.2. The summed E-state index contributed by atoms with van der Waals surface area (Å²) in [5.41, 5.74) is 4.52. The van der Waals surface area contributed by atoms with Crippen molar-refractivity contribution in [3.05, 3.63) is 65.9 Å². The van der Waals surface area contributed by atoms with E-state index in [4.69, 9.17) is 0 Å². The number of aryl methyl sites for hydroxylation is 2. The van der Waals surface area contributed by atoms with Crippen molar-refractivity contribution in [3.8, 4) is 0 Å². The van der Waals surface area contributed by atoms with Gasteiger partial charge in [-0.25, -0.2) is 0 Å². The summed E-state index contributed by atoms with van der Waals surface area (Å²) in [4.78, 5) is 28.6. The third-order valence-corrected chi connectivity index (χ3v) is 4.95. The Morgan fingerprint density at radius 1 is 0.963 bits per heavy atom. The fourth-order valence-electron chi connectivity index (χ4n) is 2.77. The molecule has 2 N–H and O–H groups in total. The summed E-state index contributed by atoms with van der Waals surface area (Å²) >= 11 is 1.28. The molecule has 27 heavy (non-hydrogen) atoms. The van der Waals surface area contributed by atoms with Crippen LogP contribution < -0.4 is 10.6 Å². The number of anilines is 2. The maximum Gasteiger partial charge on any atom is 0.234 e. The molecule has 0 aliphatic carbocycles. The van der Waals surface area contributed by atoms with Crippen LogP contribution >= 0.6 is 11.8 Å². The molecule has 0 unspecified atom stereocenters. The van der Waals surface area contributed by atoms with Gasteiger partial charge < -0.3 is 10.6 Å². The molecule has 2 amide bonds. The number of hydrogen-bond acceptors (Lipinski definition) is 4. The van der Waals surface area contributed by atoms with Crippen LogP contribution in [0.25, 0.3) is 10.9 Å². The summed E-state index contributed by atoms with van der Waals surface area (Å²) in [5, 5.41) is 6.66. The molecule has 0 fully saturated rings. The molecule has 0 saturated heterocycles. The number of amides is 2. The van der Waals surface area contributed by atoms with Gasteiger partial charge in [-0.05, 0) is 55.3 Å². The zero-order valence-corrected chi connectivity index (χ0v) is 16.1. The molecule has 0 aliphatic heterocycles. The first-order valence-corrected chi connectivity index (χ1v) is 9.77. The zero-order chi connectivity index (χ0) is 19.2. The van der Waals surface area contributed by atoms with Gasteiger partial charge in [-0.2, -0.15) is 0 Å². The van der Waals surface area contributed by atoms with Crippen LogP contribution in [0, 0.1) is 13.8 Å². The monoisotopic (exact) mass is 379 g/mol. The van der Waals surface area contributed by atoms with Crippen LogP contribution in [0.3, 0.4) is 0 Å². The van der Waals surface area contributed by atoms with Crippen LogP contribution in [0.2, 0.25) is 0 Å². The van der Waals surface area contributed by atoms with Gasteiger partial charge in [-0.1, -0.05) is 18.2 Å². The van der Waals surface area contributed by atoms with E-state index in [-0.39, 0.29) is 23.3 Å². The molecule has 138 valence electrons. The number of carbonyl (C=O) groups is 2. The molecule has 0 aliphatic rings. The molecule has 6 heteroatoms. The molecule has 1 aromatic heterocycles. The lowest BCUT2D eigenvalue weighted by molar-refractivity contribution is -0.114. The number of pyridine rings is 1. The third-order valence-electron chi connectivity index (χ3n) is 4.01. The highest BCUT2D eigenvalue weighted by atomic mass is 32.2. The molecule has 0 spiro atoms. The van der Waals surface area contributed by atoms with E-state index in [0.29, 0.717) is 0 Å². The molecular formula is C21H21N3O2S. The van der Waals surface area contributed by atoms with Gasteiger partial charge in [-0.3, -0.25) is 14.6 Å². The minimum atomic E-state index is -0.141. The fourth-order valence-corrected chi connectivity index (χ4v) is 3.38. The van der Waals surface area contributed by atoms with Crippen LogP contribution in [0.4, 0.5) is 11.4 Å². The van der Waals surface area contributed by atoms with Crippen molar-refractivity contribution in [1.82, 2.24) is 4.98 Å². The van der Waals surface area contributed by atoms with Gasteiger partial charge in [0, 0.05) is 17.3 Å². The second kappa shape index (κ2) is 8.68. The smallest absolute Gasteiger partial charge is 0.234 e. The lowest BCUT2D eigenvalue weighted by atomic mass is 10.1. The van der Waals surface area contributed by atoms with Gasteiger partial charge in [0.2, 0.25) is 11.8 Å². The van der Waals surface area contributed by atoms with Gasteiger partial charge in [0.25, 0.3) is 0 Å². The van der Waals surface area contributed by atoms with Crippen molar-refractivity contribution in [1.29, 1.82) is 0 Å². The number of nitrogens with one attached hydrogen (secondary N) is 2. The number of thioether (sulfide) groups is 1. The number of nitrogens with zero attached hydrogens (tertiary/aromatic N) is 1. The SMILES string of the molecule is Cc1cccc(NC(=O)CSCC(=O)Nc2ccc(C)c3ncccc23)c1. The van der Waals surface area contributed by atoms with Gasteiger partial charge in [0.05, 0.1) is 22.7 Å². The average Bonchev–Trinajstić information content (AvgIpc) is 2.64. The van der Waals surface area contributed by atoms with Crippen LogP contribution in [0.1, 0.15) is 11.1 Å². The van der Waals surface area contributed by atoms with Gasteiger partial charge in [0.1, 0.15) is 0 Å². The summed E-state index contributed by atoms with van der Waals surface area (Å²) in [6.45, 7) is 3.96. The molecular weight excluding hydrogens is 358 g/mol. The first kappa shape index (κ1) is 18.9. The van der Waals surface area contributed by atoms with Crippen LogP contribution in [-0.4, -0.2) is 28.3 Å². The summed E-state index contributed by atoms with van der Waals surface area (Å²) in [7, 11) is 0. The predicted octanol–water partition coefficient (Wildman–Crippen LogP) is 4.16. The lowest BCUT2D eigenvalue weighted by Crippen LogP contribution is -2.18. The topological polar surface area (TPSA) is 71.1 Å². The molecule has 3 rings (SSSR count). The van der Waals surface area contributed by atoms with E-state index >= 15 is 0 Å². The second-order valence-electron chi connectivity index (χ2n) is 6.29. The second-order valence-corrected chi connectivity index (χ2v) is 7.27. The van der Waals surface area contributed by atoms with Crippen molar-refractivity contribution in [2.24, 2.45) is 0 Å². The van der Waals surface area contributed by atoms with E-state index in [1.807, 2.05) is 62.4 Å². The van der Waals surface area contributed by atoms with E-state index in [1.165, 1.54) is 11.8 Å². The maximum absolute atomic E-state index is 12.2. The molecule has 3 aromatic rings. The minimum Gasteiger partial charge on any atom is -0.325 e. The fraction of sp³-hybridized carbons (Fsp3) is 0.190. The van der Waals surface area contributed by atoms with Crippen molar-refractivity contribution in [2.75, 3.05) is 22.1 Å². The standard InChI is InChI=1S/C21H21N3O2S/c1-14-5-3-6-16(11-14)23-19(25)12-27-13-20(26)24-18-9-8-15(2)21-17(18)7-4-10-22-21/h3-11H,12-13H2,1-2H3,(H,23,25)(H,24,26). The van der Waals surface area contributed by atoms with Gasteiger partial charge >= 0.3 is 0 Å². The van der Waals surface area contributed by atoms with Crippen molar-refractivity contribution < 1.29 is 9.59 Å². The highest BCUT2D eigenvalue weighted by Gasteiger charge is 2.10. The number of aromatic nitrogens is 1. The van der Waals surface area contributed by atoms with E-state index in [1.54, 1.807) is 6.20 Å². The Morgan fingerprint density at radius 2 is 1.74 bits per heavy atom. The number of benzene rings is 2. The molecule has 2 aromatic carbocycles. The predicted molar refractivity (Wildman–Crippen MR) is 112 cm³/mol. The van der Waals surface area contributed by atoms with E-state index in [9.17, 15) is 9.59 Å². The van der Waals surface area contributed by atoms with E-state index < -0.39 is 0 Å². The average molecular weight is 379 g/mol. The van der Waals surface area contributed by atoms with Crippen LogP contribution in [0.5, 0.6) is 0 Å². The first-order valence-electron chi connectivity index (χ1n) is 8.61. The van der Waals surface area contributed by atoms with Crippen molar-refractivity contribution in [3.63, 3.8) is 0 Å². The normalized spacial score (nSPS) is 10.6. The summed E-state index contributed by atoms with van der Waals surface area (Å²) in [6.07, 6.45) is 1.74. The zero-order valence-electron chi connectivity index (χ0n) is 15.3. The lowest BCUT2D eigenvalue weighted by Gasteiger charge is -2.10. The Morgan fingerprint density at radius 3 is 2.52 bits per heavy atom. The third kappa shape index (κ3) is 5.08. The Balaban J connectivity index is 1.52. The van der Waals surface area contributed by atoms with Gasteiger partial charge in [-0.15, -0.1) is 11.8 Å². The van der Waals surface area contributed by atoms with Gasteiger partial charge in [0.15, 0.2) is 0 Å². The number of rotatable bonds is 6. The molecule has 0 bridgehead atoms. The quantitative estimate of drug-likeness (QED) is 0.675.